The highest BCUT2D eigenvalue weighted by molar-refractivity contribution is 5.32. The summed E-state index contributed by atoms with van der Waals surface area (Å²) in [4.78, 5) is 2.59. The Kier molecular flexibility index (Phi) is 5.83. The van der Waals surface area contributed by atoms with E-state index in [1.165, 1.54) is 49.2 Å². The molecular weight excluding hydrogens is 256 g/mol. The van der Waals surface area contributed by atoms with Crippen molar-refractivity contribution in [3.8, 4) is 0 Å². The minimum Gasteiger partial charge on any atom is -0.307 e. The number of nitrogens with zero attached hydrogens (tertiary/aromatic N) is 1. The largest absolute Gasteiger partial charge is 0.307 e. The number of likely N-dealkylation sites (tertiary alicyclic amines) is 1. The zero-order chi connectivity index (χ0) is 15.4. The predicted octanol–water partition coefficient (Wildman–Crippen LogP) is 4.07. The van der Waals surface area contributed by atoms with E-state index in [-0.39, 0.29) is 0 Å². The van der Waals surface area contributed by atoms with E-state index >= 15 is 0 Å². The van der Waals surface area contributed by atoms with Gasteiger partial charge in [-0.2, -0.15) is 0 Å². The van der Waals surface area contributed by atoms with Gasteiger partial charge in [0.2, 0.25) is 0 Å². The number of nitrogens with one attached hydrogen (secondary N) is 1. The van der Waals surface area contributed by atoms with Crippen LogP contribution in [0.15, 0.2) is 18.2 Å². The van der Waals surface area contributed by atoms with Crippen LogP contribution in [0.2, 0.25) is 0 Å². The number of aryl methyl sites for hydroxylation is 2. The molecule has 0 aliphatic carbocycles. The minimum absolute atomic E-state index is 0.428. The standard InChI is InChI=1S/C19H32N2/c1-6-21-11-7-8-18(13-21)16(4)20-17(5)19-10-9-14(2)12-15(19)3/h9-10,12,16-18,20H,6-8,11,13H2,1-5H3. The number of hydrogen-bond donors (Lipinski definition) is 1. The number of hydrogen-bond acceptors (Lipinski definition) is 2. The Morgan fingerprint density at radius 2 is 2.05 bits per heavy atom. The molecule has 1 N–H and O–H groups in total. The Labute approximate surface area is 130 Å². The number of benzene rings is 1. The predicted molar refractivity (Wildman–Crippen MR) is 91.8 cm³/mol. The van der Waals surface area contributed by atoms with E-state index in [0.717, 1.165) is 5.92 Å². The van der Waals surface area contributed by atoms with Gasteiger partial charge in [0.1, 0.15) is 0 Å². The van der Waals surface area contributed by atoms with Crippen molar-refractivity contribution in [2.24, 2.45) is 5.92 Å². The number of piperidine rings is 1. The Balaban J connectivity index is 1.96. The first kappa shape index (κ1) is 16.5. The van der Waals surface area contributed by atoms with Crippen LogP contribution in [-0.2, 0) is 0 Å². The van der Waals surface area contributed by atoms with Gasteiger partial charge >= 0.3 is 0 Å². The average molecular weight is 288 g/mol. The molecule has 1 saturated heterocycles. The number of rotatable bonds is 5. The first-order valence-electron chi connectivity index (χ1n) is 8.56. The maximum Gasteiger partial charge on any atom is 0.0296 e. The van der Waals surface area contributed by atoms with Crippen molar-refractivity contribution in [1.29, 1.82) is 0 Å². The molecule has 21 heavy (non-hydrogen) atoms. The molecule has 0 saturated carbocycles. The second kappa shape index (κ2) is 7.42. The van der Waals surface area contributed by atoms with Gasteiger partial charge in [0.05, 0.1) is 0 Å². The average Bonchev–Trinajstić information content (AvgIpc) is 2.47. The van der Waals surface area contributed by atoms with E-state index in [1.54, 1.807) is 0 Å². The van der Waals surface area contributed by atoms with Gasteiger partial charge in [-0.15, -0.1) is 0 Å². The van der Waals surface area contributed by atoms with Gasteiger partial charge in [-0.05, 0) is 70.7 Å². The monoisotopic (exact) mass is 288 g/mol. The van der Waals surface area contributed by atoms with Gasteiger partial charge in [-0.3, -0.25) is 0 Å². The summed E-state index contributed by atoms with van der Waals surface area (Å²) in [5.74, 6) is 0.784. The van der Waals surface area contributed by atoms with E-state index in [9.17, 15) is 0 Å². The molecule has 118 valence electrons. The molecule has 1 aromatic carbocycles. The summed E-state index contributed by atoms with van der Waals surface area (Å²) < 4.78 is 0. The summed E-state index contributed by atoms with van der Waals surface area (Å²) in [5.41, 5.74) is 4.19. The molecule has 2 heteroatoms. The third-order valence-electron chi connectivity index (χ3n) is 5.10. The summed E-state index contributed by atoms with van der Waals surface area (Å²) in [6.45, 7) is 15.1. The highest BCUT2D eigenvalue weighted by atomic mass is 15.1. The molecule has 2 nitrogen and oxygen atoms in total. The first-order chi connectivity index (χ1) is 10.0. The van der Waals surface area contributed by atoms with Crippen molar-refractivity contribution in [3.63, 3.8) is 0 Å². The lowest BCUT2D eigenvalue weighted by Crippen LogP contribution is -2.45. The van der Waals surface area contributed by atoms with Crippen molar-refractivity contribution < 1.29 is 0 Å². The van der Waals surface area contributed by atoms with Crippen LogP contribution in [0.4, 0.5) is 0 Å². The molecule has 1 aliphatic heterocycles. The van der Waals surface area contributed by atoms with Crippen LogP contribution < -0.4 is 5.32 Å². The highest BCUT2D eigenvalue weighted by Crippen LogP contribution is 2.24. The van der Waals surface area contributed by atoms with Crippen molar-refractivity contribution in [3.05, 3.63) is 34.9 Å². The Morgan fingerprint density at radius 3 is 2.71 bits per heavy atom. The molecule has 1 aliphatic rings. The molecule has 0 spiro atoms. The second-order valence-electron chi connectivity index (χ2n) is 6.83. The molecule has 1 aromatic rings. The molecule has 3 atom stereocenters. The lowest BCUT2D eigenvalue weighted by Gasteiger charge is -2.36. The van der Waals surface area contributed by atoms with E-state index in [4.69, 9.17) is 0 Å². The van der Waals surface area contributed by atoms with Crippen LogP contribution >= 0.6 is 0 Å². The molecule has 0 radical (unpaired) electrons. The van der Waals surface area contributed by atoms with E-state index in [1.807, 2.05) is 0 Å². The van der Waals surface area contributed by atoms with Crippen LogP contribution in [0.1, 0.15) is 56.3 Å². The summed E-state index contributed by atoms with van der Waals surface area (Å²) >= 11 is 0. The van der Waals surface area contributed by atoms with Crippen LogP contribution in [0.25, 0.3) is 0 Å². The van der Waals surface area contributed by atoms with Crippen molar-refractivity contribution in [1.82, 2.24) is 10.2 Å². The lowest BCUT2D eigenvalue weighted by molar-refractivity contribution is 0.153. The van der Waals surface area contributed by atoms with Crippen molar-refractivity contribution >= 4 is 0 Å². The van der Waals surface area contributed by atoms with Gasteiger partial charge in [0.25, 0.3) is 0 Å². The third kappa shape index (κ3) is 4.31. The topological polar surface area (TPSA) is 15.3 Å². The van der Waals surface area contributed by atoms with Crippen LogP contribution in [0.5, 0.6) is 0 Å². The van der Waals surface area contributed by atoms with Crippen molar-refractivity contribution in [2.75, 3.05) is 19.6 Å². The fraction of sp³-hybridized carbons (Fsp3) is 0.684. The highest BCUT2D eigenvalue weighted by Gasteiger charge is 2.25. The minimum atomic E-state index is 0.428. The molecule has 0 aromatic heterocycles. The van der Waals surface area contributed by atoms with Gasteiger partial charge in [-0.25, -0.2) is 0 Å². The van der Waals surface area contributed by atoms with Gasteiger partial charge in [0.15, 0.2) is 0 Å². The van der Waals surface area contributed by atoms with Gasteiger partial charge < -0.3 is 10.2 Å². The van der Waals surface area contributed by atoms with Gasteiger partial charge in [0, 0.05) is 18.6 Å². The summed E-state index contributed by atoms with van der Waals surface area (Å²) in [7, 11) is 0. The zero-order valence-electron chi connectivity index (χ0n) is 14.4. The normalized spacial score (nSPS) is 23.0. The maximum absolute atomic E-state index is 3.84. The fourth-order valence-electron chi connectivity index (χ4n) is 3.72. The summed E-state index contributed by atoms with van der Waals surface area (Å²) in [5, 5.41) is 3.84. The Bertz CT molecular complexity index is 455. The van der Waals surface area contributed by atoms with Gasteiger partial charge in [-0.1, -0.05) is 30.7 Å². The Hall–Kier alpha value is -0.860. The zero-order valence-corrected chi connectivity index (χ0v) is 14.4. The Morgan fingerprint density at radius 1 is 1.29 bits per heavy atom. The van der Waals surface area contributed by atoms with Crippen LogP contribution in [0, 0.1) is 19.8 Å². The molecule has 3 unspecified atom stereocenters. The maximum atomic E-state index is 3.84. The lowest BCUT2D eigenvalue weighted by atomic mass is 9.90. The summed E-state index contributed by atoms with van der Waals surface area (Å²) in [6, 6.07) is 7.81. The molecular formula is C19H32N2. The van der Waals surface area contributed by atoms with E-state index in [0.29, 0.717) is 12.1 Å². The first-order valence-corrected chi connectivity index (χ1v) is 8.56. The molecule has 1 heterocycles. The van der Waals surface area contributed by atoms with E-state index in [2.05, 4.69) is 63.0 Å². The SMILES string of the molecule is CCN1CCCC(C(C)NC(C)c2ccc(C)cc2C)C1. The van der Waals surface area contributed by atoms with Crippen molar-refractivity contribution in [2.45, 2.75) is 59.5 Å². The quantitative estimate of drug-likeness (QED) is 0.878. The smallest absolute Gasteiger partial charge is 0.0296 e. The molecule has 0 bridgehead atoms. The fourth-order valence-corrected chi connectivity index (χ4v) is 3.72. The third-order valence-corrected chi connectivity index (χ3v) is 5.10. The molecule has 0 amide bonds. The summed E-state index contributed by atoms with van der Waals surface area (Å²) in [6.07, 6.45) is 2.72. The molecule has 2 rings (SSSR count). The second-order valence-corrected chi connectivity index (χ2v) is 6.83. The van der Waals surface area contributed by atoms with E-state index < -0.39 is 0 Å². The van der Waals surface area contributed by atoms with Crippen LogP contribution in [-0.4, -0.2) is 30.6 Å². The molecule has 1 fully saturated rings. The van der Waals surface area contributed by atoms with Crippen LogP contribution in [0.3, 0.4) is 0 Å².